The van der Waals surface area contributed by atoms with Gasteiger partial charge in [-0.05, 0) is 12.8 Å². The second-order valence-electron chi connectivity index (χ2n) is 1.81. The molecule has 2 nitrogen and oxygen atoms in total. The summed E-state index contributed by atoms with van der Waals surface area (Å²) < 4.78 is 0. The average Bonchev–Trinajstić information content (AvgIpc) is 1.61. The van der Waals surface area contributed by atoms with Gasteiger partial charge in [0.05, 0.1) is 6.10 Å². The number of aliphatic hydroxyl groups is 1. The molecule has 0 spiro atoms. The maximum Gasteiger partial charge on any atom is 0.0691 e. The van der Waals surface area contributed by atoms with Gasteiger partial charge in [0, 0.05) is 6.04 Å². The summed E-state index contributed by atoms with van der Waals surface area (Å²) in [6.45, 7) is 0. The van der Waals surface area contributed by atoms with E-state index in [0.29, 0.717) is 0 Å². The van der Waals surface area contributed by atoms with E-state index >= 15 is 0 Å². The molecule has 1 aliphatic carbocycles. The third-order valence-electron chi connectivity index (χ3n) is 1.29. The van der Waals surface area contributed by atoms with Gasteiger partial charge in [-0.2, -0.15) is 0 Å². The molecule has 7 heavy (non-hydrogen) atoms. The highest BCUT2D eigenvalue weighted by atomic mass is 35.5. The number of aliphatic hydroxyl groups excluding tert-OH is 1. The molecule has 3 heteroatoms. The van der Waals surface area contributed by atoms with Gasteiger partial charge in [-0.15, -0.1) is 12.4 Å². The van der Waals surface area contributed by atoms with Crippen molar-refractivity contribution in [1.82, 2.24) is 0 Å². The molecule has 1 fully saturated rings. The minimum absolute atomic E-state index is 0. The average molecular weight is 124 g/mol. The van der Waals surface area contributed by atoms with Crippen LogP contribution in [0, 0.1) is 0 Å². The molecule has 1 aliphatic rings. The standard InChI is InChI=1S/C4H9NO.ClH/c5-3-1-2-4(3)6;/h3-4,6H,1-2,5H2;1H/t3-,4-;/m0./s1. The van der Waals surface area contributed by atoms with Crippen LogP contribution in [0.5, 0.6) is 0 Å². The van der Waals surface area contributed by atoms with Crippen LogP contribution in [0.15, 0.2) is 0 Å². The summed E-state index contributed by atoms with van der Waals surface area (Å²) in [5.41, 5.74) is 5.27. The van der Waals surface area contributed by atoms with Gasteiger partial charge in [-0.25, -0.2) is 0 Å². The van der Waals surface area contributed by atoms with E-state index in [-0.39, 0.29) is 24.6 Å². The molecule has 0 aromatic rings. The first-order valence-corrected chi connectivity index (χ1v) is 2.24. The number of rotatable bonds is 0. The molecule has 0 aromatic heterocycles. The van der Waals surface area contributed by atoms with Crippen molar-refractivity contribution >= 4 is 12.4 Å². The van der Waals surface area contributed by atoms with Crippen LogP contribution in [-0.2, 0) is 0 Å². The lowest BCUT2D eigenvalue weighted by Gasteiger charge is -2.27. The molecule has 1 rings (SSSR count). The molecule has 0 aliphatic heterocycles. The molecular formula is C4H10ClNO. The van der Waals surface area contributed by atoms with Gasteiger partial charge in [0.25, 0.3) is 0 Å². The Balaban J connectivity index is 0.000000360. The number of halogens is 1. The number of hydrogen-bond donors (Lipinski definition) is 2. The lowest BCUT2D eigenvalue weighted by molar-refractivity contribution is 0.0693. The maximum absolute atomic E-state index is 8.59. The third-order valence-corrected chi connectivity index (χ3v) is 1.29. The van der Waals surface area contributed by atoms with E-state index in [1.54, 1.807) is 0 Å². The van der Waals surface area contributed by atoms with E-state index in [1.165, 1.54) is 0 Å². The quantitative estimate of drug-likeness (QED) is 0.472. The summed E-state index contributed by atoms with van der Waals surface area (Å²) in [4.78, 5) is 0. The van der Waals surface area contributed by atoms with Crippen molar-refractivity contribution in [2.24, 2.45) is 5.73 Å². The van der Waals surface area contributed by atoms with Crippen LogP contribution in [0.2, 0.25) is 0 Å². The number of hydrogen-bond acceptors (Lipinski definition) is 2. The molecule has 0 amide bonds. The zero-order chi connectivity index (χ0) is 4.57. The second kappa shape index (κ2) is 2.50. The highest BCUT2D eigenvalue weighted by molar-refractivity contribution is 5.85. The van der Waals surface area contributed by atoms with E-state index < -0.39 is 0 Å². The van der Waals surface area contributed by atoms with Crippen LogP contribution in [-0.4, -0.2) is 17.3 Å². The molecule has 0 saturated heterocycles. The molecular weight excluding hydrogens is 114 g/mol. The van der Waals surface area contributed by atoms with Crippen molar-refractivity contribution in [3.63, 3.8) is 0 Å². The highest BCUT2D eigenvalue weighted by Gasteiger charge is 2.23. The lowest BCUT2D eigenvalue weighted by atomic mass is 9.90. The van der Waals surface area contributed by atoms with Gasteiger partial charge >= 0.3 is 0 Å². The Labute approximate surface area is 49.1 Å². The molecule has 2 atom stereocenters. The van der Waals surface area contributed by atoms with Crippen LogP contribution in [0.4, 0.5) is 0 Å². The fourth-order valence-electron chi connectivity index (χ4n) is 0.508. The predicted octanol–water partition coefficient (Wildman–Crippen LogP) is -0.110. The van der Waals surface area contributed by atoms with Crippen molar-refractivity contribution in [2.45, 2.75) is 25.0 Å². The van der Waals surface area contributed by atoms with E-state index in [9.17, 15) is 0 Å². The molecule has 0 heterocycles. The number of nitrogens with two attached hydrogens (primary N) is 1. The SMILES string of the molecule is Cl.N[C@H]1CC[C@@H]1O. The summed E-state index contributed by atoms with van der Waals surface area (Å²) >= 11 is 0. The van der Waals surface area contributed by atoms with Crippen molar-refractivity contribution in [2.75, 3.05) is 0 Å². The second-order valence-corrected chi connectivity index (χ2v) is 1.81. The highest BCUT2D eigenvalue weighted by Crippen LogP contribution is 2.15. The van der Waals surface area contributed by atoms with E-state index in [4.69, 9.17) is 10.8 Å². The minimum Gasteiger partial charge on any atom is -0.392 e. The zero-order valence-electron chi connectivity index (χ0n) is 4.00. The summed E-state index contributed by atoms with van der Waals surface area (Å²) in [7, 11) is 0. The van der Waals surface area contributed by atoms with E-state index in [1.807, 2.05) is 0 Å². The molecule has 3 N–H and O–H groups in total. The topological polar surface area (TPSA) is 46.2 Å². The lowest BCUT2D eigenvalue weighted by Crippen LogP contribution is -2.43. The molecule has 44 valence electrons. The van der Waals surface area contributed by atoms with Gasteiger partial charge in [-0.3, -0.25) is 0 Å². The van der Waals surface area contributed by atoms with Crippen LogP contribution in [0.25, 0.3) is 0 Å². The smallest absolute Gasteiger partial charge is 0.0691 e. The minimum atomic E-state index is -0.190. The summed E-state index contributed by atoms with van der Waals surface area (Å²) in [5.74, 6) is 0. The van der Waals surface area contributed by atoms with E-state index in [0.717, 1.165) is 12.8 Å². The van der Waals surface area contributed by atoms with Crippen LogP contribution in [0.1, 0.15) is 12.8 Å². The molecule has 1 saturated carbocycles. The summed E-state index contributed by atoms with van der Waals surface area (Å²) in [5, 5.41) is 8.59. The van der Waals surface area contributed by atoms with E-state index in [2.05, 4.69) is 0 Å². The molecule has 0 radical (unpaired) electrons. The fourth-order valence-corrected chi connectivity index (χ4v) is 0.508. The first-order valence-electron chi connectivity index (χ1n) is 2.24. The van der Waals surface area contributed by atoms with Crippen LogP contribution < -0.4 is 5.73 Å². The molecule has 0 aromatic carbocycles. The molecule has 0 bridgehead atoms. The Bertz CT molecular complexity index is 51.7. The largest absolute Gasteiger partial charge is 0.392 e. The van der Waals surface area contributed by atoms with Gasteiger partial charge < -0.3 is 10.8 Å². The third kappa shape index (κ3) is 1.30. The van der Waals surface area contributed by atoms with Gasteiger partial charge in [-0.1, -0.05) is 0 Å². The maximum atomic E-state index is 8.59. The molecule has 0 unspecified atom stereocenters. The van der Waals surface area contributed by atoms with Crippen LogP contribution in [0.3, 0.4) is 0 Å². The monoisotopic (exact) mass is 123 g/mol. The van der Waals surface area contributed by atoms with Crippen molar-refractivity contribution in [1.29, 1.82) is 0 Å². The first-order chi connectivity index (χ1) is 2.80. The normalized spacial score (nSPS) is 38.6. The Hall–Kier alpha value is 0.210. The Morgan fingerprint density at radius 3 is 1.86 bits per heavy atom. The van der Waals surface area contributed by atoms with Gasteiger partial charge in [0.15, 0.2) is 0 Å². The van der Waals surface area contributed by atoms with Gasteiger partial charge in [0.1, 0.15) is 0 Å². The zero-order valence-corrected chi connectivity index (χ0v) is 4.82. The Morgan fingerprint density at radius 2 is 1.86 bits per heavy atom. The van der Waals surface area contributed by atoms with Crippen molar-refractivity contribution < 1.29 is 5.11 Å². The summed E-state index contributed by atoms with van der Waals surface area (Å²) in [6, 6.07) is 0.0880. The Kier molecular flexibility index (Phi) is 2.58. The van der Waals surface area contributed by atoms with Gasteiger partial charge in [0.2, 0.25) is 0 Å². The predicted molar refractivity (Wildman–Crippen MR) is 30.5 cm³/mol. The fraction of sp³-hybridized carbons (Fsp3) is 1.00. The van der Waals surface area contributed by atoms with Crippen molar-refractivity contribution in [3.8, 4) is 0 Å². The first kappa shape index (κ1) is 7.21. The summed E-state index contributed by atoms with van der Waals surface area (Å²) in [6.07, 6.45) is 1.72. The van der Waals surface area contributed by atoms with Crippen molar-refractivity contribution in [3.05, 3.63) is 0 Å². The van der Waals surface area contributed by atoms with Crippen LogP contribution >= 0.6 is 12.4 Å². The Morgan fingerprint density at radius 1 is 1.43 bits per heavy atom.